The Kier molecular flexibility index (Phi) is 3.95. The number of carbonyl (C=O) groups excluding carboxylic acids is 3. The van der Waals surface area contributed by atoms with Crippen molar-refractivity contribution in [2.75, 3.05) is 12.8 Å². The molecule has 1 aliphatic rings. The highest BCUT2D eigenvalue weighted by Crippen LogP contribution is 2.29. The molecule has 1 aromatic heterocycles. The molecule has 0 atom stereocenters. The number of amides is 2. The normalized spacial score (nSPS) is 12.5. The van der Waals surface area contributed by atoms with Gasteiger partial charge in [-0.1, -0.05) is 0 Å². The lowest BCUT2D eigenvalue weighted by Crippen LogP contribution is -2.26. The number of pyridine rings is 1. The molecule has 2 aromatic rings. The third-order valence-corrected chi connectivity index (χ3v) is 3.88. The number of imide groups is 1. The van der Waals surface area contributed by atoms with E-state index in [0.717, 1.165) is 25.3 Å². The summed E-state index contributed by atoms with van der Waals surface area (Å²) in [5, 5.41) is 12.9. The van der Waals surface area contributed by atoms with Crippen molar-refractivity contribution in [1.82, 2.24) is 9.88 Å². The number of halogens is 1. The monoisotopic (exact) mass is 376 g/mol. The Labute approximate surface area is 148 Å². The lowest BCUT2D eigenvalue weighted by atomic mass is 10.1. The summed E-state index contributed by atoms with van der Waals surface area (Å²) in [5.74, 6) is -5.12. The molecule has 0 saturated heterocycles. The lowest BCUT2D eigenvalue weighted by molar-refractivity contribution is -0.387. The van der Waals surface area contributed by atoms with Crippen LogP contribution < -0.4 is 16.6 Å². The van der Waals surface area contributed by atoms with E-state index in [0.29, 0.717) is 4.57 Å². The molecular formula is C15H9FN4O7. The predicted octanol–water partition coefficient (Wildman–Crippen LogP) is 0.137. The first-order valence-electron chi connectivity index (χ1n) is 7.15. The van der Waals surface area contributed by atoms with Crippen molar-refractivity contribution < 1.29 is 28.4 Å². The van der Waals surface area contributed by atoms with Crippen LogP contribution in [-0.2, 0) is 4.74 Å². The number of fused-ring (bicyclic) bond motifs is 1. The summed E-state index contributed by atoms with van der Waals surface area (Å²) in [6.45, 7) is 0. The summed E-state index contributed by atoms with van der Waals surface area (Å²) in [6.07, 6.45) is 0. The molecule has 2 amide bonds. The summed E-state index contributed by atoms with van der Waals surface area (Å²) in [4.78, 5) is 57.9. The molecule has 11 nitrogen and oxygen atoms in total. The zero-order chi connectivity index (χ0) is 20.0. The molecular weight excluding hydrogens is 367 g/mol. The molecule has 0 bridgehead atoms. The van der Waals surface area contributed by atoms with Crippen LogP contribution in [0.4, 0.5) is 15.9 Å². The van der Waals surface area contributed by atoms with E-state index in [9.17, 15) is 33.7 Å². The van der Waals surface area contributed by atoms with E-state index in [1.165, 1.54) is 0 Å². The van der Waals surface area contributed by atoms with Crippen LogP contribution in [0.15, 0.2) is 23.0 Å². The predicted molar refractivity (Wildman–Crippen MR) is 86.2 cm³/mol. The second-order valence-corrected chi connectivity index (χ2v) is 5.32. The number of benzene rings is 1. The smallest absolute Gasteiger partial charge is 0.343 e. The number of esters is 1. The fourth-order valence-electron chi connectivity index (χ4n) is 2.71. The number of rotatable bonds is 3. The molecule has 3 N–H and O–H groups in total. The van der Waals surface area contributed by atoms with Crippen LogP contribution in [0.3, 0.4) is 0 Å². The Balaban J connectivity index is 2.41. The molecule has 3 rings (SSSR count). The van der Waals surface area contributed by atoms with Gasteiger partial charge >= 0.3 is 11.7 Å². The number of ether oxygens (including phenoxy) is 1. The van der Waals surface area contributed by atoms with Crippen molar-refractivity contribution in [2.24, 2.45) is 0 Å². The number of anilines is 1. The number of hydrogen-bond donors (Lipinski definition) is 2. The van der Waals surface area contributed by atoms with Gasteiger partial charge in [-0.3, -0.25) is 34.4 Å². The van der Waals surface area contributed by atoms with Gasteiger partial charge in [0.2, 0.25) is 5.82 Å². The minimum absolute atomic E-state index is 0.277. The first kappa shape index (κ1) is 17.7. The standard InChI is InChI=1S/C15H9FN4O7/c1-27-15(24)10-6(2-3-7(11(10)16)20(25)26)19-8(21)4-5-9(12(19)17)14(23)18-13(5)22/h2-4H,17H2,1H3,(H,18,22,23). The van der Waals surface area contributed by atoms with E-state index in [1.807, 2.05) is 5.32 Å². The lowest BCUT2D eigenvalue weighted by Gasteiger charge is -2.15. The fourth-order valence-corrected chi connectivity index (χ4v) is 2.71. The largest absolute Gasteiger partial charge is 0.465 e. The number of nitrogens with two attached hydrogens (primary N) is 1. The van der Waals surface area contributed by atoms with Crippen LogP contribution in [0.2, 0.25) is 0 Å². The highest BCUT2D eigenvalue weighted by atomic mass is 19.1. The Morgan fingerprint density at radius 3 is 2.56 bits per heavy atom. The van der Waals surface area contributed by atoms with Crippen LogP contribution >= 0.6 is 0 Å². The average Bonchev–Trinajstić information content (AvgIpc) is 2.88. The average molecular weight is 376 g/mol. The van der Waals surface area contributed by atoms with Crippen LogP contribution in [0.5, 0.6) is 0 Å². The van der Waals surface area contributed by atoms with Gasteiger partial charge in [0.15, 0.2) is 0 Å². The fraction of sp³-hybridized carbons (Fsp3) is 0.0667. The summed E-state index contributed by atoms with van der Waals surface area (Å²) in [6, 6.07) is 2.42. The molecule has 0 fully saturated rings. The first-order chi connectivity index (χ1) is 12.7. The molecule has 1 aromatic carbocycles. The molecule has 138 valence electrons. The molecule has 2 heterocycles. The number of nitrogens with one attached hydrogen (secondary N) is 1. The number of nitrogens with zero attached hydrogens (tertiary/aromatic N) is 2. The van der Waals surface area contributed by atoms with Gasteiger partial charge in [0.1, 0.15) is 11.4 Å². The van der Waals surface area contributed by atoms with Gasteiger partial charge in [-0.2, -0.15) is 4.39 Å². The third-order valence-electron chi connectivity index (χ3n) is 3.88. The minimum Gasteiger partial charge on any atom is -0.465 e. The summed E-state index contributed by atoms with van der Waals surface area (Å²) in [5.41, 5.74) is 1.80. The Bertz CT molecular complexity index is 1120. The van der Waals surface area contributed by atoms with Crippen molar-refractivity contribution in [3.63, 3.8) is 0 Å². The third kappa shape index (κ3) is 2.50. The topological polar surface area (TPSA) is 164 Å². The Morgan fingerprint density at radius 2 is 1.96 bits per heavy atom. The van der Waals surface area contributed by atoms with Gasteiger partial charge in [-0.15, -0.1) is 0 Å². The van der Waals surface area contributed by atoms with Gasteiger partial charge in [0, 0.05) is 12.1 Å². The number of nitrogen functional groups attached to an aromatic ring is 1. The van der Waals surface area contributed by atoms with Gasteiger partial charge in [-0.05, 0) is 6.07 Å². The van der Waals surface area contributed by atoms with Crippen LogP contribution in [0.1, 0.15) is 31.1 Å². The number of nitro benzene ring substituents is 1. The summed E-state index contributed by atoms with van der Waals surface area (Å²) < 4.78 is 19.6. The molecule has 27 heavy (non-hydrogen) atoms. The number of carbonyl (C=O) groups is 3. The SMILES string of the molecule is COC(=O)c1c(-n2c(N)c3c(cc2=O)C(=O)NC3=O)ccc([N+](=O)[O-])c1F. The molecule has 0 spiro atoms. The zero-order valence-electron chi connectivity index (χ0n) is 13.4. The number of methoxy groups -OCH3 is 1. The zero-order valence-corrected chi connectivity index (χ0v) is 13.4. The molecule has 0 unspecified atom stereocenters. The second kappa shape index (κ2) is 6.01. The maximum Gasteiger partial charge on any atom is 0.343 e. The van der Waals surface area contributed by atoms with Crippen LogP contribution in [-0.4, -0.2) is 34.4 Å². The van der Waals surface area contributed by atoms with E-state index in [-0.39, 0.29) is 11.1 Å². The van der Waals surface area contributed by atoms with Gasteiger partial charge in [0.25, 0.3) is 17.4 Å². The van der Waals surface area contributed by atoms with Gasteiger partial charge in [0.05, 0.1) is 28.8 Å². The van der Waals surface area contributed by atoms with Crippen LogP contribution in [0.25, 0.3) is 5.69 Å². The van der Waals surface area contributed by atoms with Gasteiger partial charge < -0.3 is 10.5 Å². The van der Waals surface area contributed by atoms with Crippen molar-refractivity contribution in [1.29, 1.82) is 0 Å². The quantitative estimate of drug-likeness (QED) is 0.330. The molecule has 0 radical (unpaired) electrons. The molecule has 12 heteroatoms. The van der Waals surface area contributed by atoms with Crippen molar-refractivity contribution in [3.8, 4) is 5.69 Å². The molecule has 0 saturated carbocycles. The summed E-state index contributed by atoms with van der Waals surface area (Å²) in [7, 11) is 0.908. The van der Waals surface area contributed by atoms with E-state index >= 15 is 0 Å². The second-order valence-electron chi connectivity index (χ2n) is 5.32. The minimum atomic E-state index is -1.54. The van der Waals surface area contributed by atoms with Crippen molar-refractivity contribution in [2.45, 2.75) is 0 Å². The Morgan fingerprint density at radius 1 is 1.30 bits per heavy atom. The number of hydrogen-bond acceptors (Lipinski definition) is 8. The van der Waals surface area contributed by atoms with Crippen LogP contribution in [0, 0.1) is 15.9 Å². The van der Waals surface area contributed by atoms with Gasteiger partial charge in [-0.25, -0.2) is 4.79 Å². The highest BCUT2D eigenvalue weighted by molar-refractivity contribution is 6.23. The molecule has 0 aliphatic carbocycles. The van der Waals surface area contributed by atoms with Crippen molar-refractivity contribution >= 4 is 29.3 Å². The number of aromatic nitrogens is 1. The first-order valence-corrected chi connectivity index (χ1v) is 7.15. The van der Waals surface area contributed by atoms with E-state index in [2.05, 4.69) is 4.74 Å². The number of nitro groups is 1. The van der Waals surface area contributed by atoms with E-state index in [1.54, 1.807) is 0 Å². The van der Waals surface area contributed by atoms with E-state index < -0.39 is 56.8 Å². The maximum atomic E-state index is 14.6. The Hall–Kier alpha value is -4.09. The summed E-state index contributed by atoms with van der Waals surface area (Å²) >= 11 is 0. The maximum absolute atomic E-state index is 14.6. The molecule has 1 aliphatic heterocycles. The van der Waals surface area contributed by atoms with Crippen molar-refractivity contribution in [3.05, 3.63) is 61.2 Å². The van der Waals surface area contributed by atoms with E-state index in [4.69, 9.17) is 5.73 Å². The highest BCUT2D eigenvalue weighted by Gasteiger charge is 2.34.